The van der Waals surface area contributed by atoms with Gasteiger partial charge < -0.3 is 16.4 Å². The number of halogens is 1. The summed E-state index contributed by atoms with van der Waals surface area (Å²) in [4.78, 5) is 34.4. The minimum Gasteiger partial charge on any atom is -0.370 e. The topological polar surface area (TPSA) is 101 Å². The Morgan fingerprint density at radius 3 is 2.16 bits per heavy atom. The van der Waals surface area contributed by atoms with Gasteiger partial charge in [-0.1, -0.05) is 13.8 Å². The van der Waals surface area contributed by atoms with Gasteiger partial charge in [0.15, 0.2) is 5.78 Å². The average Bonchev–Trinajstić information content (AvgIpc) is 2.33. The van der Waals surface area contributed by atoms with Gasteiger partial charge in [-0.05, 0) is 19.4 Å². The Morgan fingerprint density at radius 1 is 1.21 bits per heavy atom. The molecule has 19 heavy (non-hydrogen) atoms. The molecule has 4 N–H and O–H groups in total. The molecule has 0 fully saturated rings. The lowest BCUT2D eigenvalue weighted by molar-refractivity contribution is -0.130. The number of alkyl halides is 1. The number of nitrogens with two attached hydrogens (primary N) is 1. The smallest absolute Gasteiger partial charge is 0.237 e. The lowest BCUT2D eigenvalue weighted by Gasteiger charge is -2.21. The van der Waals surface area contributed by atoms with E-state index in [1.807, 2.05) is 13.8 Å². The molecule has 6 nitrogen and oxygen atoms in total. The number of Topliss-reactive ketones (excluding diaryl/α,β-unsaturated/α-hetero) is 1. The van der Waals surface area contributed by atoms with Gasteiger partial charge in [-0.15, -0.1) is 11.6 Å². The van der Waals surface area contributed by atoms with Crippen molar-refractivity contribution in [3.8, 4) is 0 Å². The third-order valence-electron chi connectivity index (χ3n) is 2.61. The van der Waals surface area contributed by atoms with E-state index in [1.54, 1.807) is 7.05 Å². The van der Waals surface area contributed by atoms with E-state index in [4.69, 9.17) is 17.3 Å². The van der Waals surface area contributed by atoms with Crippen molar-refractivity contribution in [2.75, 3.05) is 12.9 Å². The number of hydrogen-bond acceptors (Lipinski definition) is 4. The third-order valence-corrected chi connectivity index (χ3v) is 2.88. The zero-order valence-electron chi connectivity index (χ0n) is 11.5. The van der Waals surface area contributed by atoms with Gasteiger partial charge in [0.05, 0.1) is 24.4 Å². The molecule has 0 bridgehead atoms. The second-order valence-corrected chi connectivity index (χ2v) is 5.07. The summed E-state index contributed by atoms with van der Waals surface area (Å²) in [5.74, 6) is -1.36. The first kappa shape index (κ1) is 17.9. The fourth-order valence-corrected chi connectivity index (χ4v) is 1.83. The molecule has 0 aromatic carbocycles. The number of ketones is 1. The average molecular weight is 292 g/mol. The Labute approximate surface area is 118 Å². The number of rotatable bonds is 9. The summed E-state index contributed by atoms with van der Waals surface area (Å²) >= 11 is 5.44. The van der Waals surface area contributed by atoms with Gasteiger partial charge in [0, 0.05) is 0 Å². The van der Waals surface area contributed by atoms with Crippen LogP contribution in [0.1, 0.15) is 26.7 Å². The summed E-state index contributed by atoms with van der Waals surface area (Å²) in [5.41, 5.74) is 5.05. The molecule has 0 aromatic rings. The Kier molecular flexibility index (Phi) is 8.34. The molecule has 1 unspecified atom stereocenters. The SMILES string of the molecule is CN[C@@H](CC(C)C)C(=O)NC(CC(N)=O)C(=O)CCl. The summed E-state index contributed by atoms with van der Waals surface area (Å²) < 4.78 is 0. The molecule has 0 spiro atoms. The first-order valence-corrected chi connectivity index (χ1v) is 6.69. The van der Waals surface area contributed by atoms with Crippen LogP contribution in [0.2, 0.25) is 0 Å². The number of carbonyl (C=O) groups is 3. The molecule has 0 aliphatic rings. The number of hydrogen-bond donors (Lipinski definition) is 3. The van der Waals surface area contributed by atoms with Crippen LogP contribution in [0.3, 0.4) is 0 Å². The Bertz CT molecular complexity index is 334. The van der Waals surface area contributed by atoms with Crippen molar-refractivity contribution in [1.82, 2.24) is 10.6 Å². The molecule has 2 amide bonds. The van der Waals surface area contributed by atoms with Crippen molar-refractivity contribution in [2.45, 2.75) is 38.8 Å². The van der Waals surface area contributed by atoms with Gasteiger partial charge in [-0.3, -0.25) is 14.4 Å². The van der Waals surface area contributed by atoms with Gasteiger partial charge in [-0.25, -0.2) is 0 Å². The number of nitrogens with one attached hydrogen (secondary N) is 2. The van der Waals surface area contributed by atoms with Gasteiger partial charge in [0.25, 0.3) is 0 Å². The number of primary amides is 1. The molecule has 7 heteroatoms. The first-order valence-electron chi connectivity index (χ1n) is 6.16. The summed E-state index contributed by atoms with van der Waals surface area (Å²) in [6.07, 6.45) is 0.385. The molecule has 0 aliphatic heterocycles. The van der Waals surface area contributed by atoms with Gasteiger partial charge in [-0.2, -0.15) is 0 Å². The molecule has 0 saturated carbocycles. The molecule has 2 atom stereocenters. The van der Waals surface area contributed by atoms with Crippen LogP contribution in [0.5, 0.6) is 0 Å². The van der Waals surface area contributed by atoms with Crippen molar-refractivity contribution < 1.29 is 14.4 Å². The van der Waals surface area contributed by atoms with E-state index in [0.717, 1.165) is 0 Å². The van der Waals surface area contributed by atoms with E-state index >= 15 is 0 Å². The maximum absolute atomic E-state index is 12.0. The maximum Gasteiger partial charge on any atom is 0.237 e. The fraction of sp³-hybridized carbons (Fsp3) is 0.750. The van der Waals surface area contributed by atoms with Crippen LogP contribution < -0.4 is 16.4 Å². The minimum atomic E-state index is -0.953. The quantitative estimate of drug-likeness (QED) is 0.512. The second-order valence-electron chi connectivity index (χ2n) is 4.80. The van der Waals surface area contributed by atoms with E-state index in [2.05, 4.69) is 10.6 Å². The molecular weight excluding hydrogens is 270 g/mol. The zero-order valence-corrected chi connectivity index (χ0v) is 12.3. The number of likely N-dealkylation sites (N-methyl/N-ethyl adjacent to an activating group) is 1. The lowest BCUT2D eigenvalue weighted by atomic mass is 10.0. The maximum atomic E-state index is 12.0. The molecule has 0 rings (SSSR count). The Balaban J connectivity index is 4.67. The molecule has 0 aliphatic carbocycles. The summed E-state index contributed by atoms with van der Waals surface area (Å²) in [6, 6.07) is -1.37. The number of amides is 2. The van der Waals surface area contributed by atoms with E-state index < -0.39 is 23.8 Å². The highest BCUT2D eigenvalue weighted by Gasteiger charge is 2.25. The molecule has 0 heterocycles. The molecule has 0 radical (unpaired) electrons. The largest absolute Gasteiger partial charge is 0.370 e. The molecule has 110 valence electrons. The summed E-state index contributed by atoms with van der Waals surface area (Å²) in [7, 11) is 1.67. The van der Waals surface area contributed by atoms with Crippen molar-refractivity contribution >= 4 is 29.2 Å². The van der Waals surface area contributed by atoms with Crippen molar-refractivity contribution in [3.63, 3.8) is 0 Å². The van der Waals surface area contributed by atoms with Crippen molar-refractivity contribution in [1.29, 1.82) is 0 Å². The summed E-state index contributed by atoms with van der Waals surface area (Å²) in [6.45, 7) is 3.98. The molecule has 0 aromatic heterocycles. The standard InChI is InChI=1S/C12H22ClN3O3/c1-7(2)4-9(15-3)12(19)16-8(5-11(14)18)10(17)6-13/h7-9,15H,4-6H2,1-3H3,(H2,14,18)(H,16,19)/t8?,9-/m0/s1. The van der Waals surface area contributed by atoms with Crippen molar-refractivity contribution in [3.05, 3.63) is 0 Å². The van der Waals surface area contributed by atoms with Crippen LogP contribution in [-0.2, 0) is 14.4 Å². The van der Waals surface area contributed by atoms with Crippen LogP contribution >= 0.6 is 11.6 Å². The van der Waals surface area contributed by atoms with E-state index in [1.165, 1.54) is 0 Å². The highest BCUT2D eigenvalue weighted by atomic mass is 35.5. The highest BCUT2D eigenvalue weighted by molar-refractivity contribution is 6.28. The predicted octanol–water partition coefficient (Wildman–Crippen LogP) is -0.211. The Morgan fingerprint density at radius 2 is 1.79 bits per heavy atom. The van der Waals surface area contributed by atoms with E-state index in [0.29, 0.717) is 12.3 Å². The zero-order chi connectivity index (χ0) is 15.0. The van der Waals surface area contributed by atoms with Gasteiger partial charge in [0.1, 0.15) is 0 Å². The molecule has 0 saturated heterocycles. The van der Waals surface area contributed by atoms with Crippen LogP contribution in [0.4, 0.5) is 0 Å². The van der Waals surface area contributed by atoms with Gasteiger partial charge in [0.2, 0.25) is 11.8 Å². The van der Waals surface area contributed by atoms with Crippen LogP contribution in [0.15, 0.2) is 0 Å². The summed E-state index contributed by atoms with van der Waals surface area (Å²) in [5, 5.41) is 5.40. The van der Waals surface area contributed by atoms with Crippen molar-refractivity contribution in [2.24, 2.45) is 11.7 Å². The minimum absolute atomic E-state index is 0.241. The highest BCUT2D eigenvalue weighted by Crippen LogP contribution is 2.05. The lowest BCUT2D eigenvalue weighted by Crippen LogP contribution is -2.51. The Hall–Kier alpha value is -1.14. The fourth-order valence-electron chi connectivity index (χ4n) is 1.64. The van der Waals surface area contributed by atoms with Crippen LogP contribution in [0, 0.1) is 5.92 Å². The monoisotopic (exact) mass is 291 g/mol. The second kappa shape index (κ2) is 8.87. The van der Waals surface area contributed by atoms with E-state index in [9.17, 15) is 14.4 Å². The molecular formula is C12H22ClN3O3. The van der Waals surface area contributed by atoms with Gasteiger partial charge >= 0.3 is 0 Å². The third kappa shape index (κ3) is 7.12. The first-order chi connectivity index (χ1) is 8.81. The normalized spacial score (nSPS) is 13.9. The van der Waals surface area contributed by atoms with E-state index in [-0.39, 0.29) is 18.2 Å². The number of carbonyl (C=O) groups excluding carboxylic acids is 3. The predicted molar refractivity (Wildman–Crippen MR) is 73.8 cm³/mol. The van der Waals surface area contributed by atoms with Crippen LogP contribution in [-0.4, -0.2) is 42.6 Å². The van der Waals surface area contributed by atoms with Crippen LogP contribution in [0.25, 0.3) is 0 Å².